The van der Waals surface area contributed by atoms with Crippen molar-refractivity contribution in [3.05, 3.63) is 0 Å². The van der Waals surface area contributed by atoms with Gasteiger partial charge in [0.1, 0.15) is 0 Å². The van der Waals surface area contributed by atoms with E-state index >= 15 is 0 Å². The van der Waals surface area contributed by atoms with Crippen LogP contribution in [0.3, 0.4) is 0 Å². The third-order valence-electron chi connectivity index (χ3n) is 4.89. The van der Waals surface area contributed by atoms with Crippen molar-refractivity contribution in [3.8, 4) is 0 Å². The highest BCUT2D eigenvalue weighted by molar-refractivity contribution is 5.85. The lowest BCUT2D eigenvalue weighted by Gasteiger charge is -2.34. The van der Waals surface area contributed by atoms with Gasteiger partial charge in [0, 0.05) is 18.5 Å². The third kappa shape index (κ3) is 4.09. The van der Waals surface area contributed by atoms with Crippen molar-refractivity contribution in [2.24, 2.45) is 11.8 Å². The van der Waals surface area contributed by atoms with Crippen LogP contribution in [0, 0.1) is 11.8 Å². The molecule has 2 rings (SSSR count). The molecule has 2 heterocycles. The second-order valence-electron chi connectivity index (χ2n) is 6.73. The lowest BCUT2D eigenvalue weighted by Crippen LogP contribution is -2.43. The highest BCUT2D eigenvalue weighted by Crippen LogP contribution is 2.31. The Morgan fingerprint density at radius 3 is 2.53 bits per heavy atom. The van der Waals surface area contributed by atoms with Gasteiger partial charge in [-0.15, -0.1) is 12.4 Å². The van der Waals surface area contributed by atoms with Gasteiger partial charge in [0.05, 0.1) is 0 Å². The molecule has 0 aromatic heterocycles. The van der Waals surface area contributed by atoms with Gasteiger partial charge < -0.3 is 10.2 Å². The second kappa shape index (κ2) is 6.94. The molecular weight excluding hydrogens is 260 g/mol. The number of nitrogens with one attached hydrogen (secondary N) is 1. The minimum Gasteiger partial charge on any atom is -0.338 e. The van der Waals surface area contributed by atoms with E-state index in [1.165, 1.54) is 19.3 Å². The van der Waals surface area contributed by atoms with Gasteiger partial charge in [-0.3, -0.25) is 4.79 Å². The number of halogens is 1. The lowest BCUT2D eigenvalue weighted by atomic mass is 9.83. The van der Waals surface area contributed by atoms with E-state index in [0.717, 1.165) is 38.4 Å². The van der Waals surface area contributed by atoms with Crippen LogP contribution in [0.25, 0.3) is 0 Å². The van der Waals surface area contributed by atoms with Crippen molar-refractivity contribution in [3.63, 3.8) is 0 Å². The number of hydrogen-bond donors (Lipinski definition) is 1. The zero-order chi connectivity index (χ0) is 13.2. The Morgan fingerprint density at radius 2 is 2.00 bits per heavy atom. The molecular formula is C15H29ClN2O. The fourth-order valence-electron chi connectivity index (χ4n) is 3.54. The molecule has 2 saturated heterocycles. The number of piperidine rings is 1. The number of rotatable bonds is 3. The first-order valence-corrected chi connectivity index (χ1v) is 7.52. The Labute approximate surface area is 123 Å². The summed E-state index contributed by atoms with van der Waals surface area (Å²) in [6, 6.07) is 0. The van der Waals surface area contributed by atoms with Crippen molar-refractivity contribution in [2.75, 3.05) is 19.6 Å². The highest BCUT2D eigenvalue weighted by Gasteiger charge is 2.36. The molecule has 4 heteroatoms. The van der Waals surface area contributed by atoms with Gasteiger partial charge in [-0.05, 0) is 64.5 Å². The Balaban J connectivity index is 0.00000180. The minimum absolute atomic E-state index is 0. The summed E-state index contributed by atoms with van der Waals surface area (Å²) in [6.45, 7) is 9.87. The van der Waals surface area contributed by atoms with Crippen LogP contribution in [0.2, 0.25) is 0 Å². The van der Waals surface area contributed by atoms with Gasteiger partial charge in [0.25, 0.3) is 0 Å². The Kier molecular flexibility index (Phi) is 6.13. The maximum Gasteiger partial charge on any atom is 0.223 e. The first-order chi connectivity index (χ1) is 8.50. The molecule has 3 nitrogen and oxygen atoms in total. The van der Waals surface area contributed by atoms with Crippen LogP contribution in [0.15, 0.2) is 0 Å². The molecule has 112 valence electrons. The molecule has 1 N–H and O–H groups in total. The molecule has 0 radical (unpaired) electrons. The summed E-state index contributed by atoms with van der Waals surface area (Å²) in [5.74, 6) is 1.65. The number of carbonyl (C=O) groups excluding carboxylic acids is 1. The molecule has 2 fully saturated rings. The van der Waals surface area contributed by atoms with Gasteiger partial charge >= 0.3 is 0 Å². The Bertz CT molecular complexity index is 301. The van der Waals surface area contributed by atoms with E-state index in [2.05, 4.69) is 31.0 Å². The summed E-state index contributed by atoms with van der Waals surface area (Å²) in [7, 11) is 0. The summed E-state index contributed by atoms with van der Waals surface area (Å²) >= 11 is 0. The highest BCUT2D eigenvalue weighted by atomic mass is 35.5. The summed E-state index contributed by atoms with van der Waals surface area (Å²) in [5.41, 5.74) is 0.0882. The SMILES string of the molecule is CC(CC(=O)N1CCCC1(C)C)C1CCNCC1.Cl. The molecule has 19 heavy (non-hydrogen) atoms. The number of carbonyl (C=O) groups is 1. The normalized spacial score (nSPS) is 24.9. The summed E-state index contributed by atoms with van der Waals surface area (Å²) in [5, 5.41) is 3.40. The van der Waals surface area contributed by atoms with Crippen molar-refractivity contribution < 1.29 is 4.79 Å². The minimum atomic E-state index is 0. The maximum absolute atomic E-state index is 12.4. The van der Waals surface area contributed by atoms with Crippen LogP contribution >= 0.6 is 12.4 Å². The van der Waals surface area contributed by atoms with Gasteiger partial charge in [-0.1, -0.05) is 6.92 Å². The first kappa shape index (κ1) is 16.8. The van der Waals surface area contributed by atoms with Gasteiger partial charge in [-0.25, -0.2) is 0 Å². The van der Waals surface area contributed by atoms with E-state index in [9.17, 15) is 4.79 Å². The molecule has 2 aliphatic rings. The lowest BCUT2D eigenvalue weighted by molar-refractivity contribution is -0.135. The van der Waals surface area contributed by atoms with Gasteiger partial charge in [0.15, 0.2) is 0 Å². The number of amides is 1. The topological polar surface area (TPSA) is 32.3 Å². The average Bonchev–Trinajstić information content (AvgIpc) is 2.70. The molecule has 2 aliphatic heterocycles. The van der Waals surface area contributed by atoms with E-state index < -0.39 is 0 Å². The smallest absolute Gasteiger partial charge is 0.223 e. The van der Waals surface area contributed by atoms with Gasteiger partial charge in [0.2, 0.25) is 5.91 Å². The fourth-order valence-corrected chi connectivity index (χ4v) is 3.54. The summed E-state index contributed by atoms with van der Waals surface area (Å²) in [6.07, 6.45) is 5.53. The van der Waals surface area contributed by atoms with E-state index in [1.807, 2.05) is 0 Å². The van der Waals surface area contributed by atoms with Crippen LogP contribution in [0.5, 0.6) is 0 Å². The molecule has 0 aliphatic carbocycles. The third-order valence-corrected chi connectivity index (χ3v) is 4.89. The largest absolute Gasteiger partial charge is 0.338 e. The molecule has 0 saturated carbocycles. The predicted molar refractivity (Wildman–Crippen MR) is 81.6 cm³/mol. The van der Waals surface area contributed by atoms with Crippen LogP contribution < -0.4 is 5.32 Å². The summed E-state index contributed by atoms with van der Waals surface area (Å²) < 4.78 is 0. The van der Waals surface area contributed by atoms with Crippen molar-refractivity contribution in [1.29, 1.82) is 0 Å². The van der Waals surface area contributed by atoms with Crippen LogP contribution in [0.4, 0.5) is 0 Å². The molecule has 1 amide bonds. The molecule has 0 aromatic carbocycles. The average molecular weight is 289 g/mol. The fraction of sp³-hybridized carbons (Fsp3) is 0.933. The first-order valence-electron chi connectivity index (χ1n) is 7.52. The zero-order valence-electron chi connectivity index (χ0n) is 12.6. The standard InChI is InChI=1S/C15H28N2O.ClH/c1-12(13-5-8-16-9-6-13)11-14(18)17-10-4-7-15(17,2)3;/h12-13,16H,4-11H2,1-3H3;1H. The van der Waals surface area contributed by atoms with Crippen molar-refractivity contribution >= 4 is 18.3 Å². The zero-order valence-corrected chi connectivity index (χ0v) is 13.4. The second-order valence-corrected chi connectivity index (χ2v) is 6.73. The van der Waals surface area contributed by atoms with E-state index in [4.69, 9.17) is 0 Å². The molecule has 1 atom stereocenters. The Hall–Kier alpha value is -0.280. The number of likely N-dealkylation sites (tertiary alicyclic amines) is 1. The van der Waals surface area contributed by atoms with Gasteiger partial charge in [-0.2, -0.15) is 0 Å². The Morgan fingerprint density at radius 1 is 1.37 bits per heavy atom. The van der Waals surface area contributed by atoms with E-state index in [1.54, 1.807) is 0 Å². The molecule has 0 spiro atoms. The van der Waals surface area contributed by atoms with E-state index in [0.29, 0.717) is 11.8 Å². The monoisotopic (exact) mass is 288 g/mol. The number of nitrogens with zero attached hydrogens (tertiary/aromatic N) is 1. The number of hydrogen-bond acceptors (Lipinski definition) is 2. The molecule has 0 aromatic rings. The van der Waals surface area contributed by atoms with Crippen LogP contribution in [-0.2, 0) is 4.79 Å². The molecule has 1 unspecified atom stereocenters. The predicted octanol–water partition coefficient (Wildman–Crippen LogP) is 2.84. The van der Waals surface area contributed by atoms with E-state index in [-0.39, 0.29) is 17.9 Å². The summed E-state index contributed by atoms with van der Waals surface area (Å²) in [4.78, 5) is 14.5. The maximum atomic E-state index is 12.4. The van der Waals surface area contributed by atoms with Crippen LogP contribution in [-0.4, -0.2) is 36.0 Å². The van der Waals surface area contributed by atoms with Crippen LogP contribution in [0.1, 0.15) is 52.9 Å². The molecule has 0 bridgehead atoms. The quantitative estimate of drug-likeness (QED) is 0.866. The van der Waals surface area contributed by atoms with Crippen molar-refractivity contribution in [2.45, 2.75) is 58.4 Å². The van der Waals surface area contributed by atoms with Crippen molar-refractivity contribution in [1.82, 2.24) is 10.2 Å².